The largest absolute Gasteiger partial charge is 0.476 e. The smallest absolute Gasteiger partial charge is 0.357 e. The summed E-state index contributed by atoms with van der Waals surface area (Å²) in [6, 6.07) is 0.345. The van der Waals surface area contributed by atoms with E-state index in [9.17, 15) is 4.79 Å². The maximum atomic E-state index is 10.6. The lowest BCUT2D eigenvalue weighted by molar-refractivity contribution is 0.0690. The second-order valence-corrected chi connectivity index (χ2v) is 3.77. The quantitative estimate of drug-likeness (QED) is 0.759. The molecule has 1 saturated heterocycles. The predicted octanol–water partition coefficient (Wildman–Crippen LogP) is 1.22. The predicted molar refractivity (Wildman–Crippen MR) is 57.2 cm³/mol. The van der Waals surface area contributed by atoms with E-state index in [4.69, 9.17) is 15.9 Å². The first-order valence-electron chi connectivity index (χ1n) is 5.10. The molecule has 0 radical (unpaired) electrons. The number of rotatable bonds is 2. The zero-order chi connectivity index (χ0) is 11.5. The first-order chi connectivity index (χ1) is 7.70. The summed E-state index contributed by atoms with van der Waals surface area (Å²) in [4.78, 5) is 16.4. The molecule has 2 rings (SSSR count). The summed E-state index contributed by atoms with van der Waals surface area (Å²) in [6.07, 6.45) is 8.50. The Morgan fingerprint density at radius 1 is 1.75 bits per heavy atom. The van der Waals surface area contributed by atoms with Gasteiger partial charge in [0.15, 0.2) is 5.69 Å². The minimum Gasteiger partial charge on any atom is -0.476 e. The van der Waals surface area contributed by atoms with Gasteiger partial charge >= 0.3 is 5.97 Å². The zero-order valence-corrected chi connectivity index (χ0v) is 8.72. The third kappa shape index (κ3) is 2.01. The molecule has 0 amide bonds. The Kier molecular flexibility index (Phi) is 2.82. The second-order valence-electron chi connectivity index (χ2n) is 3.77. The Morgan fingerprint density at radius 2 is 2.56 bits per heavy atom. The molecule has 0 bridgehead atoms. The summed E-state index contributed by atoms with van der Waals surface area (Å²) >= 11 is 0. The van der Waals surface area contributed by atoms with Crippen molar-refractivity contribution >= 4 is 12.0 Å². The molecule has 1 unspecified atom stereocenters. The lowest BCUT2D eigenvalue weighted by Gasteiger charge is -2.28. The Bertz CT molecular complexity index is 433. The molecule has 1 aromatic heterocycles. The number of carbonyl (C=O) groups is 1. The number of terminal acetylenes is 1. The van der Waals surface area contributed by atoms with Crippen molar-refractivity contribution < 1.29 is 14.3 Å². The fourth-order valence-electron chi connectivity index (χ4n) is 1.79. The van der Waals surface area contributed by atoms with E-state index in [0.717, 1.165) is 25.6 Å². The summed E-state index contributed by atoms with van der Waals surface area (Å²) in [5.41, 5.74) is -0.0715. The van der Waals surface area contributed by atoms with Crippen LogP contribution in [0, 0.1) is 18.3 Å². The third-order valence-corrected chi connectivity index (χ3v) is 2.64. The number of aromatic nitrogens is 1. The number of nitrogens with zero attached hydrogens (tertiary/aromatic N) is 2. The molecule has 1 atom stereocenters. The van der Waals surface area contributed by atoms with Crippen LogP contribution in [0.1, 0.15) is 23.3 Å². The maximum Gasteiger partial charge on any atom is 0.357 e. The molecular formula is C11H12N2O3. The molecule has 0 saturated carbocycles. The number of aromatic carboxylic acids is 1. The Morgan fingerprint density at radius 3 is 3.19 bits per heavy atom. The summed E-state index contributed by atoms with van der Waals surface area (Å²) in [5, 5.41) is 8.72. The van der Waals surface area contributed by atoms with Gasteiger partial charge in [0, 0.05) is 19.0 Å². The summed E-state index contributed by atoms with van der Waals surface area (Å²) in [7, 11) is 0. The Balaban J connectivity index is 2.11. The van der Waals surface area contributed by atoms with Gasteiger partial charge in [-0.1, -0.05) is 0 Å². The van der Waals surface area contributed by atoms with E-state index < -0.39 is 5.97 Å². The first kappa shape index (κ1) is 10.6. The number of hydrogen-bond donors (Lipinski definition) is 1. The molecule has 84 valence electrons. The number of anilines is 1. The zero-order valence-electron chi connectivity index (χ0n) is 8.72. The van der Waals surface area contributed by atoms with Crippen LogP contribution in [0.3, 0.4) is 0 Å². The van der Waals surface area contributed by atoms with Gasteiger partial charge in [0.2, 0.25) is 0 Å². The van der Waals surface area contributed by atoms with Crippen molar-refractivity contribution in [1.29, 1.82) is 0 Å². The van der Waals surface area contributed by atoms with Gasteiger partial charge in [-0.05, 0) is 12.8 Å². The van der Waals surface area contributed by atoms with Crippen LogP contribution >= 0.6 is 0 Å². The van der Waals surface area contributed by atoms with Crippen LogP contribution in [-0.2, 0) is 0 Å². The van der Waals surface area contributed by atoms with E-state index in [1.54, 1.807) is 0 Å². The van der Waals surface area contributed by atoms with Crippen molar-refractivity contribution in [2.75, 3.05) is 18.0 Å². The second kappa shape index (κ2) is 4.27. The highest BCUT2D eigenvalue weighted by molar-refractivity contribution is 5.85. The molecule has 2 heterocycles. The van der Waals surface area contributed by atoms with Crippen molar-refractivity contribution in [3.05, 3.63) is 12.0 Å². The molecule has 1 aromatic rings. The summed E-state index contributed by atoms with van der Waals surface area (Å²) in [5.74, 6) is 1.81. The highest BCUT2D eigenvalue weighted by Gasteiger charge is 2.22. The number of hydrogen-bond acceptors (Lipinski definition) is 4. The molecule has 1 fully saturated rings. The van der Waals surface area contributed by atoms with Gasteiger partial charge in [-0.15, -0.1) is 12.3 Å². The van der Waals surface area contributed by atoms with Gasteiger partial charge in [0.25, 0.3) is 6.01 Å². The lowest BCUT2D eigenvalue weighted by atomic mass is 10.00. The van der Waals surface area contributed by atoms with Gasteiger partial charge in [-0.2, -0.15) is 4.98 Å². The number of carboxylic acid groups (broad SMARTS) is 1. The monoisotopic (exact) mass is 220 g/mol. The Labute approximate surface area is 93.1 Å². The van der Waals surface area contributed by atoms with E-state index in [1.165, 1.54) is 0 Å². The molecular weight excluding hydrogens is 208 g/mol. The van der Waals surface area contributed by atoms with Crippen molar-refractivity contribution in [3.63, 3.8) is 0 Å². The minimum absolute atomic E-state index is 0.0715. The molecule has 0 aliphatic carbocycles. The molecule has 5 nitrogen and oxygen atoms in total. The van der Waals surface area contributed by atoms with Crippen LogP contribution in [0.2, 0.25) is 0 Å². The highest BCUT2D eigenvalue weighted by atomic mass is 16.4. The molecule has 1 N–H and O–H groups in total. The minimum atomic E-state index is -1.08. The summed E-state index contributed by atoms with van der Waals surface area (Å²) < 4.78 is 5.12. The normalized spacial score (nSPS) is 20.4. The van der Waals surface area contributed by atoms with Crippen LogP contribution in [-0.4, -0.2) is 29.1 Å². The Hall–Kier alpha value is -1.96. The summed E-state index contributed by atoms with van der Waals surface area (Å²) in [6.45, 7) is 1.48. The van der Waals surface area contributed by atoms with Crippen molar-refractivity contribution in [2.24, 2.45) is 5.92 Å². The van der Waals surface area contributed by atoms with Crippen LogP contribution < -0.4 is 4.90 Å². The molecule has 0 aromatic carbocycles. The van der Waals surface area contributed by atoms with Crippen molar-refractivity contribution in [1.82, 2.24) is 4.98 Å². The molecule has 0 spiro atoms. The van der Waals surface area contributed by atoms with Crippen LogP contribution in [0.5, 0.6) is 0 Å². The SMILES string of the molecule is C#CC1CCCN(c2nc(C(=O)O)co2)C1. The third-order valence-electron chi connectivity index (χ3n) is 2.64. The standard InChI is InChI=1S/C11H12N2O3/c1-2-8-4-3-5-13(6-8)11-12-9(7-16-11)10(14)15/h1,7-8H,3-6H2,(H,14,15). The van der Waals surface area contributed by atoms with Crippen molar-refractivity contribution in [3.8, 4) is 12.3 Å². The van der Waals surface area contributed by atoms with Crippen LogP contribution in [0.4, 0.5) is 6.01 Å². The van der Waals surface area contributed by atoms with E-state index in [2.05, 4.69) is 10.9 Å². The topological polar surface area (TPSA) is 66.6 Å². The fourth-order valence-corrected chi connectivity index (χ4v) is 1.79. The highest BCUT2D eigenvalue weighted by Crippen LogP contribution is 2.22. The van der Waals surface area contributed by atoms with Gasteiger partial charge in [0.1, 0.15) is 6.26 Å². The average Bonchev–Trinajstić information content (AvgIpc) is 2.78. The molecule has 16 heavy (non-hydrogen) atoms. The van der Waals surface area contributed by atoms with E-state index in [0.29, 0.717) is 12.6 Å². The number of oxazole rings is 1. The molecule has 1 aliphatic heterocycles. The molecule has 1 aliphatic rings. The van der Waals surface area contributed by atoms with Crippen LogP contribution in [0.15, 0.2) is 10.7 Å². The van der Waals surface area contributed by atoms with Gasteiger partial charge in [-0.25, -0.2) is 4.79 Å². The van der Waals surface area contributed by atoms with Crippen molar-refractivity contribution in [2.45, 2.75) is 12.8 Å². The number of carboxylic acids is 1. The van der Waals surface area contributed by atoms with Gasteiger partial charge in [-0.3, -0.25) is 0 Å². The van der Waals surface area contributed by atoms with E-state index in [1.807, 2.05) is 4.90 Å². The first-order valence-corrected chi connectivity index (χ1v) is 5.10. The van der Waals surface area contributed by atoms with Gasteiger partial charge < -0.3 is 14.4 Å². The van der Waals surface area contributed by atoms with Crippen LogP contribution in [0.25, 0.3) is 0 Å². The average molecular weight is 220 g/mol. The fraction of sp³-hybridized carbons (Fsp3) is 0.455. The van der Waals surface area contributed by atoms with E-state index in [-0.39, 0.29) is 11.6 Å². The maximum absolute atomic E-state index is 10.6. The van der Waals surface area contributed by atoms with E-state index >= 15 is 0 Å². The van der Waals surface area contributed by atoms with Gasteiger partial charge in [0.05, 0.1) is 0 Å². The molecule has 5 heteroatoms. The lowest BCUT2D eigenvalue weighted by Crippen LogP contribution is -2.35. The number of piperidine rings is 1.